The first-order chi connectivity index (χ1) is 11.0. The molecule has 3 rings (SSSR count). The lowest BCUT2D eigenvalue weighted by atomic mass is 10.0. The molecule has 2 heterocycles. The van der Waals surface area contributed by atoms with Crippen molar-refractivity contribution in [1.29, 1.82) is 0 Å². The first-order valence-electron chi connectivity index (χ1n) is 7.14. The van der Waals surface area contributed by atoms with Gasteiger partial charge in [-0.05, 0) is 35.4 Å². The van der Waals surface area contributed by atoms with Gasteiger partial charge in [0.15, 0.2) is 0 Å². The average molecular weight is 331 g/mol. The number of pyridine rings is 1. The SMILES string of the molecule is CN(CCO)S(=O)(=O)c1ccc(-c2ccnc3[nH]ccc23)cc1. The summed E-state index contributed by atoms with van der Waals surface area (Å²) in [4.78, 5) is 7.51. The summed E-state index contributed by atoms with van der Waals surface area (Å²) >= 11 is 0. The predicted molar refractivity (Wildman–Crippen MR) is 88.4 cm³/mol. The van der Waals surface area contributed by atoms with E-state index in [0.717, 1.165) is 26.5 Å². The number of nitrogens with zero attached hydrogens (tertiary/aromatic N) is 2. The third-order valence-corrected chi connectivity index (χ3v) is 5.62. The summed E-state index contributed by atoms with van der Waals surface area (Å²) in [6, 6.07) is 10.6. The Morgan fingerprint density at radius 2 is 1.91 bits per heavy atom. The highest BCUT2D eigenvalue weighted by Crippen LogP contribution is 2.28. The Bertz CT molecular complexity index is 917. The lowest BCUT2D eigenvalue weighted by molar-refractivity contribution is 0.266. The quantitative estimate of drug-likeness (QED) is 0.747. The van der Waals surface area contributed by atoms with Gasteiger partial charge in [-0.2, -0.15) is 4.31 Å². The zero-order valence-electron chi connectivity index (χ0n) is 12.6. The summed E-state index contributed by atoms with van der Waals surface area (Å²) in [5.74, 6) is 0. The Labute approximate surface area is 134 Å². The van der Waals surface area contributed by atoms with Crippen molar-refractivity contribution in [3.63, 3.8) is 0 Å². The third-order valence-electron chi connectivity index (χ3n) is 3.75. The summed E-state index contributed by atoms with van der Waals surface area (Å²) in [7, 11) is -2.13. The molecule has 0 bridgehead atoms. The van der Waals surface area contributed by atoms with Crippen molar-refractivity contribution in [1.82, 2.24) is 14.3 Å². The molecule has 0 spiro atoms. The Morgan fingerprint density at radius 3 is 2.61 bits per heavy atom. The molecule has 0 radical (unpaired) electrons. The molecule has 2 N–H and O–H groups in total. The number of aromatic nitrogens is 2. The Kier molecular flexibility index (Phi) is 4.16. The number of sulfonamides is 1. The molecular weight excluding hydrogens is 314 g/mol. The molecule has 0 amide bonds. The monoisotopic (exact) mass is 331 g/mol. The number of rotatable bonds is 5. The maximum atomic E-state index is 12.3. The van der Waals surface area contributed by atoms with E-state index in [2.05, 4.69) is 9.97 Å². The molecule has 0 saturated carbocycles. The van der Waals surface area contributed by atoms with Crippen molar-refractivity contribution >= 4 is 21.1 Å². The zero-order chi connectivity index (χ0) is 16.4. The first kappa shape index (κ1) is 15.7. The Morgan fingerprint density at radius 1 is 1.17 bits per heavy atom. The largest absolute Gasteiger partial charge is 0.395 e. The summed E-state index contributed by atoms with van der Waals surface area (Å²) in [5.41, 5.74) is 2.70. The Hall–Kier alpha value is -2.22. The highest BCUT2D eigenvalue weighted by Gasteiger charge is 2.20. The Balaban J connectivity index is 1.98. The fourth-order valence-corrected chi connectivity index (χ4v) is 3.62. The molecule has 0 atom stereocenters. The second kappa shape index (κ2) is 6.11. The number of likely N-dealkylation sites (N-methyl/N-ethyl adjacent to an activating group) is 1. The highest BCUT2D eigenvalue weighted by molar-refractivity contribution is 7.89. The van der Waals surface area contributed by atoms with E-state index in [4.69, 9.17) is 5.11 Å². The van der Waals surface area contributed by atoms with Gasteiger partial charge in [0.25, 0.3) is 0 Å². The van der Waals surface area contributed by atoms with E-state index in [1.807, 2.05) is 18.3 Å². The average Bonchev–Trinajstić information content (AvgIpc) is 3.03. The van der Waals surface area contributed by atoms with Crippen molar-refractivity contribution in [3.05, 3.63) is 48.8 Å². The van der Waals surface area contributed by atoms with Gasteiger partial charge in [-0.15, -0.1) is 0 Å². The molecule has 3 aromatic rings. The zero-order valence-corrected chi connectivity index (χ0v) is 13.4. The second-order valence-corrected chi connectivity index (χ2v) is 7.22. The molecule has 0 fully saturated rings. The molecule has 23 heavy (non-hydrogen) atoms. The number of H-pyrrole nitrogens is 1. The summed E-state index contributed by atoms with van der Waals surface area (Å²) in [6.45, 7) is -0.144. The van der Waals surface area contributed by atoms with Gasteiger partial charge in [-0.1, -0.05) is 12.1 Å². The van der Waals surface area contributed by atoms with Gasteiger partial charge < -0.3 is 10.1 Å². The van der Waals surface area contributed by atoms with Crippen LogP contribution in [-0.2, 0) is 10.0 Å². The predicted octanol–water partition coefficient (Wildman–Crippen LogP) is 1.84. The first-order valence-corrected chi connectivity index (χ1v) is 8.58. The van der Waals surface area contributed by atoms with Gasteiger partial charge in [0.2, 0.25) is 10.0 Å². The van der Waals surface area contributed by atoms with Crippen LogP contribution in [0.15, 0.2) is 53.7 Å². The van der Waals surface area contributed by atoms with E-state index in [-0.39, 0.29) is 18.0 Å². The normalized spacial score (nSPS) is 12.1. The number of hydrogen-bond acceptors (Lipinski definition) is 4. The fraction of sp³-hybridized carbons (Fsp3) is 0.188. The minimum atomic E-state index is -3.58. The van der Waals surface area contributed by atoms with E-state index in [1.165, 1.54) is 7.05 Å². The van der Waals surface area contributed by atoms with Crippen LogP contribution in [-0.4, -0.2) is 48.0 Å². The molecule has 0 saturated heterocycles. The minimum absolute atomic E-state index is 0.0679. The number of fused-ring (bicyclic) bond motifs is 1. The molecule has 6 nitrogen and oxygen atoms in total. The molecule has 0 aliphatic heterocycles. The number of nitrogens with one attached hydrogen (secondary N) is 1. The molecule has 0 aliphatic carbocycles. The van der Waals surface area contributed by atoms with Crippen molar-refractivity contribution in [2.24, 2.45) is 0 Å². The van der Waals surface area contributed by atoms with Gasteiger partial charge in [-0.3, -0.25) is 0 Å². The molecule has 0 unspecified atom stereocenters. The third kappa shape index (κ3) is 2.86. The van der Waals surface area contributed by atoms with Crippen molar-refractivity contribution in [3.8, 4) is 11.1 Å². The van der Waals surface area contributed by atoms with Gasteiger partial charge >= 0.3 is 0 Å². The maximum absolute atomic E-state index is 12.3. The summed E-state index contributed by atoms with van der Waals surface area (Å²) < 4.78 is 25.8. The highest BCUT2D eigenvalue weighted by atomic mass is 32.2. The molecular formula is C16H17N3O3S. The van der Waals surface area contributed by atoms with Gasteiger partial charge in [-0.25, -0.2) is 13.4 Å². The van der Waals surface area contributed by atoms with Crippen molar-refractivity contribution in [2.45, 2.75) is 4.90 Å². The maximum Gasteiger partial charge on any atom is 0.242 e. The van der Waals surface area contributed by atoms with Gasteiger partial charge in [0, 0.05) is 31.4 Å². The minimum Gasteiger partial charge on any atom is -0.395 e. The van der Waals surface area contributed by atoms with Crippen LogP contribution in [0.5, 0.6) is 0 Å². The summed E-state index contributed by atoms with van der Waals surface area (Å²) in [6.07, 6.45) is 3.54. The van der Waals surface area contributed by atoms with E-state index < -0.39 is 10.0 Å². The molecule has 7 heteroatoms. The number of aliphatic hydroxyl groups is 1. The van der Waals surface area contributed by atoms with Gasteiger partial charge in [0.05, 0.1) is 11.5 Å². The van der Waals surface area contributed by atoms with Crippen LogP contribution in [0.1, 0.15) is 0 Å². The van der Waals surface area contributed by atoms with Crippen molar-refractivity contribution in [2.75, 3.05) is 20.2 Å². The van der Waals surface area contributed by atoms with Gasteiger partial charge in [0.1, 0.15) is 5.65 Å². The van der Waals surface area contributed by atoms with Crippen molar-refractivity contribution < 1.29 is 13.5 Å². The molecule has 1 aromatic carbocycles. The van der Waals surface area contributed by atoms with E-state index in [9.17, 15) is 8.42 Å². The van der Waals surface area contributed by atoms with Crippen LogP contribution < -0.4 is 0 Å². The van der Waals surface area contributed by atoms with E-state index in [0.29, 0.717) is 0 Å². The standard InChI is InChI=1S/C16H17N3O3S/c1-19(10-11-20)23(21,22)13-4-2-12(3-5-13)14-6-8-17-16-15(14)7-9-18-16/h2-9,20H,10-11H2,1H3,(H,17,18). The van der Waals surface area contributed by atoms with Crippen LogP contribution in [0.25, 0.3) is 22.2 Å². The second-order valence-electron chi connectivity index (χ2n) is 5.17. The van der Waals surface area contributed by atoms with Crippen LogP contribution in [0.4, 0.5) is 0 Å². The smallest absolute Gasteiger partial charge is 0.242 e. The fourth-order valence-electron chi connectivity index (χ4n) is 2.46. The lowest BCUT2D eigenvalue weighted by Gasteiger charge is -2.16. The van der Waals surface area contributed by atoms with Crippen LogP contribution in [0.3, 0.4) is 0 Å². The van der Waals surface area contributed by atoms with Crippen LogP contribution >= 0.6 is 0 Å². The van der Waals surface area contributed by atoms with Crippen LogP contribution in [0, 0.1) is 0 Å². The number of aliphatic hydroxyl groups excluding tert-OH is 1. The molecule has 120 valence electrons. The van der Waals surface area contributed by atoms with E-state index >= 15 is 0 Å². The molecule has 2 aromatic heterocycles. The van der Waals surface area contributed by atoms with Crippen LogP contribution in [0.2, 0.25) is 0 Å². The lowest BCUT2D eigenvalue weighted by Crippen LogP contribution is -2.29. The van der Waals surface area contributed by atoms with E-state index in [1.54, 1.807) is 30.5 Å². The number of hydrogen-bond donors (Lipinski definition) is 2. The topological polar surface area (TPSA) is 86.3 Å². The number of benzene rings is 1. The number of aromatic amines is 1. The molecule has 0 aliphatic rings. The summed E-state index contributed by atoms with van der Waals surface area (Å²) in [5, 5.41) is 9.89.